The van der Waals surface area contributed by atoms with Crippen molar-refractivity contribution in [3.63, 3.8) is 0 Å². The van der Waals surface area contributed by atoms with Crippen molar-refractivity contribution < 1.29 is 13.5 Å². The lowest BCUT2D eigenvalue weighted by Crippen LogP contribution is -2.12. The minimum atomic E-state index is -0.553. The van der Waals surface area contributed by atoms with Gasteiger partial charge in [-0.25, -0.2) is 8.78 Å². The van der Waals surface area contributed by atoms with Crippen molar-refractivity contribution in [2.45, 2.75) is 5.92 Å². The molecule has 0 saturated heterocycles. The van der Waals surface area contributed by atoms with Crippen LogP contribution in [0.15, 0.2) is 48.5 Å². The van der Waals surface area contributed by atoms with E-state index in [4.69, 9.17) is 4.74 Å². The molecule has 1 unspecified atom stereocenters. The molecule has 4 heteroatoms. The first-order chi connectivity index (χ1) is 9.20. The largest absolute Gasteiger partial charge is 0.490 e. The third-order valence-corrected chi connectivity index (χ3v) is 3.57. The van der Waals surface area contributed by atoms with Gasteiger partial charge in [-0.05, 0) is 17.7 Å². The second-order valence-electron chi connectivity index (χ2n) is 4.15. The molecule has 2 rings (SSSR count). The van der Waals surface area contributed by atoms with Gasteiger partial charge >= 0.3 is 0 Å². The fourth-order valence-corrected chi connectivity index (χ4v) is 2.29. The van der Waals surface area contributed by atoms with Gasteiger partial charge in [-0.1, -0.05) is 46.3 Å². The van der Waals surface area contributed by atoms with E-state index in [0.29, 0.717) is 5.33 Å². The summed E-state index contributed by atoms with van der Waals surface area (Å²) in [7, 11) is 0. The summed E-state index contributed by atoms with van der Waals surface area (Å²) in [4.78, 5) is 0. The summed E-state index contributed by atoms with van der Waals surface area (Å²) in [6.45, 7) is 0.287. The predicted octanol–water partition coefficient (Wildman–Crippen LogP) is 4.52. The van der Waals surface area contributed by atoms with Crippen molar-refractivity contribution in [2.75, 3.05) is 11.9 Å². The molecule has 0 bridgehead atoms. The Kier molecular flexibility index (Phi) is 4.91. The molecule has 0 N–H and O–H groups in total. The van der Waals surface area contributed by atoms with Crippen LogP contribution in [0.4, 0.5) is 8.78 Å². The SMILES string of the molecule is Fc1ccc(F)c(OCC(CBr)c2ccccc2)c1. The molecule has 1 atom stereocenters. The van der Waals surface area contributed by atoms with Crippen molar-refractivity contribution in [1.29, 1.82) is 0 Å². The Balaban J connectivity index is 2.06. The topological polar surface area (TPSA) is 9.23 Å². The number of benzene rings is 2. The van der Waals surface area contributed by atoms with E-state index in [1.807, 2.05) is 30.3 Å². The molecule has 0 radical (unpaired) electrons. The van der Waals surface area contributed by atoms with Gasteiger partial charge < -0.3 is 4.74 Å². The summed E-state index contributed by atoms with van der Waals surface area (Å²) in [5, 5.41) is 0.688. The van der Waals surface area contributed by atoms with Gasteiger partial charge in [0.25, 0.3) is 0 Å². The molecule has 19 heavy (non-hydrogen) atoms. The predicted molar refractivity (Wildman–Crippen MR) is 74.8 cm³/mol. The summed E-state index contributed by atoms with van der Waals surface area (Å²) in [6, 6.07) is 13.0. The Morgan fingerprint density at radius 2 is 1.79 bits per heavy atom. The van der Waals surface area contributed by atoms with Crippen molar-refractivity contribution >= 4 is 15.9 Å². The van der Waals surface area contributed by atoms with Crippen molar-refractivity contribution in [3.8, 4) is 5.75 Å². The van der Waals surface area contributed by atoms with Gasteiger partial charge in [0.1, 0.15) is 5.82 Å². The lowest BCUT2D eigenvalue weighted by molar-refractivity contribution is 0.282. The lowest BCUT2D eigenvalue weighted by atomic mass is 10.0. The summed E-state index contributed by atoms with van der Waals surface area (Å²) in [5.41, 5.74) is 1.09. The quantitative estimate of drug-likeness (QED) is 0.734. The van der Waals surface area contributed by atoms with Crippen molar-refractivity contribution in [2.24, 2.45) is 0 Å². The van der Waals surface area contributed by atoms with E-state index in [2.05, 4.69) is 15.9 Å². The van der Waals surface area contributed by atoms with Crippen LogP contribution in [0.1, 0.15) is 11.5 Å². The van der Waals surface area contributed by atoms with Gasteiger partial charge in [0, 0.05) is 17.3 Å². The fraction of sp³-hybridized carbons (Fsp3) is 0.200. The maximum atomic E-state index is 13.4. The van der Waals surface area contributed by atoms with Crippen molar-refractivity contribution in [1.82, 2.24) is 0 Å². The Hall–Kier alpha value is -1.42. The number of ether oxygens (including phenoxy) is 1. The Labute approximate surface area is 119 Å². The zero-order chi connectivity index (χ0) is 13.7. The second-order valence-corrected chi connectivity index (χ2v) is 4.80. The van der Waals surface area contributed by atoms with E-state index < -0.39 is 11.6 Å². The normalized spacial score (nSPS) is 12.2. The van der Waals surface area contributed by atoms with Crippen LogP contribution < -0.4 is 4.74 Å². The molecule has 0 heterocycles. The molecule has 0 saturated carbocycles. The number of rotatable bonds is 5. The van der Waals surface area contributed by atoms with Crippen molar-refractivity contribution in [3.05, 3.63) is 65.7 Å². The first kappa shape index (κ1) is 14.0. The highest BCUT2D eigenvalue weighted by Gasteiger charge is 2.12. The van der Waals surface area contributed by atoms with Gasteiger partial charge in [0.2, 0.25) is 0 Å². The molecule has 0 spiro atoms. The molecule has 0 aliphatic carbocycles. The van der Waals surface area contributed by atoms with Gasteiger partial charge in [-0.3, -0.25) is 0 Å². The van der Waals surface area contributed by atoms with Crippen LogP contribution in [0.25, 0.3) is 0 Å². The van der Waals surface area contributed by atoms with E-state index in [9.17, 15) is 8.78 Å². The summed E-state index contributed by atoms with van der Waals surface area (Å²) < 4.78 is 31.8. The van der Waals surface area contributed by atoms with E-state index >= 15 is 0 Å². The van der Waals surface area contributed by atoms with Crippen LogP contribution >= 0.6 is 15.9 Å². The highest BCUT2D eigenvalue weighted by atomic mass is 79.9. The number of hydrogen-bond acceptors (Lipinski definition) is 1. The Morgan fingerprint density at radius 1 is 1.05 bits per heavy atom. The lowest BCUT2D eigenvalue weighted by Gasteiger charge is -2.16. The molecule has 1 nitrogen and oxygen atoms in total. The van der Waals surface area contributed by atoms with Crippen LogP contribution in [-0.2, 0) is 0 Å². The summed E-state index contributed by atoms with van der Waals surface area (Å²) in [5.74, 6) is -1.03. The van der Waals surface area contributed by atoms with Crippen LogP contribution in [0.3, 0.4) is 0 Å². The average Bonchev–Trinajstić information content (AvgIpc) is 2.44. The van der Waals surface area contributed by atoms with E-state index in [0.717, 1.165) is 23.8 Å². The summed E-state index contributed by atoms with van der Waals surface area (Å²) >= 11 is 3.41. The maximum absolute atomic E-state index is 13.4. The van der Waals surface area contributed by atoms with Gasteiger partial charge in [0.05, 0.1) is 6.61 Å². The number of halogens is 3. The molecular weight excluding hydrogens is 314 g/mol. The smallest absolute Gasteiger partial charge is 0.165 e. The third-order valence-electron chi connectivity index (χ3n) is 2.79. The fourth-order valence-electron chi connectivity index (χ4n) is 1.73. The first-order valence-electron chi connectivity index (χ1n) is 5.89. The average molecular weight is 327 g/mol. The molecular formula is C15H13BrF2O. The maximum Gasteiger partial charge on any atom is 0.165 e. The minimum absolute atomic E-state index is 0.0538. The van der Waals surface area contributed by atoms with E-state index in [1.54, 1.807) is 0 Å². The molecule has 100 valence electrons. The standard InChI is InChI=1S/C15H13BrF2O/c16-9-12(11-4-2-1-3-5-11)10-19-15-8-13(17)6-7-14(15)18/h1-8,12H,9-10H2. The van der Waals surface area contributed by atoms with Crippen LogP contribution in [0, 0.1) is 11.6 Å². The van der Waals surface area contributed by atoms with E-state index in [-0.39, 0.29) is 18.3 Å². The molecule has 0 aliphatic rings. The first-order valence-corrected chi connectivity index (χ1v) is 7.01. The monoisotopic (exact) mass is 326 g/mol. The third kappa shape index (κ3) is 3.77. The van der Waals surface area contributed by atoms with Gasteiger partial charge in [-0.15, -0.1) is 0 Å². The molecule has 0 fully saturated rings. The molecule has 0 amide bonds. The van der Waals surface area contributed by atoms with Crippen LogP contribution in [0.2, 0.25) is 0 Å². The highest BCUT2D eigenvalue weighted by molar-refractivity contribution is 9.09. The Bertz CT molecular complexity index is 531. The van der Waals surface area contributed by atoms with Crippen LogP contribution in [0.5, 0.6) is 5.75 Å². The number of alkyl halides is 1. The zero-order valence-corrected chi connectivity index (χ0v) is 11.7. The second kappa shape index (κ2) is 6.66. The highest BCUT2D eigenvalue weighted by Crippen LogP contribution is 2.23. The van der Waals surface area contributed by atoms with Crippen LogP contribution in [-0.4, -0.2) is 11.9 Å². The zero-order valence-electron chi connectivity index (χ0n) is 10.2. The molecule has 0 aliphatic heterocycles. The van der Waals surface area contributed by atoms with Gasteiger partial charge in [0.15, 0.2) is 11.6 Å². The Morgan fingerprint density at radius 3 is 2.47 bits per heavy atom. The van der Waals surface area contributed by atoms with E-state index in [1.165, 1.54) is 0 Å². The molecule has 0 aromatic heterocycles. The summed E-state index contributed by atoms with van der Waals surface area (Å²) in [6.07, 6.45) is 0. The molecule has 2 aromatic carbocycles. The van der Waals surface area contributed by atoms with Gasteiger partial charge in [-0.2, -0.15) is 0 Å². The number of hydrogen-bond donors (Lipinski definition) is 0. The molecule has 2 aromatic rings. The minimum Gasteiger partial charge on any atom is -0.490 e.